The first-order chi connectivity index (χ1) is 11.6. The van der Waals surface area contributed by atoms with Gasteiger partial charge >= 0.3 is 0 Å². The molecule has 0 aliphatic rings. The summed E-state index contributed by atoms with van der Waals surface area (Å²) in [5.74, 6) is 1.45. The molecule has 3 aromatic rings. The van der Waals surface area contributed by atoms with Crippen LogP contribution in [0.2, 0.25) is 0 Å². The molecular formula is C18H22N4O2. The highest BCUT2D eigenvalue weighted by atomic mass is 16.5. The zero-order chi connectivity index (χ0) is 17.1. The third-order valence-electron chi connectivity index (χ3n) is 3.99. The molecule has 3 rings (SSSR count). The van der Waals surface area contributed by atoms with Crippen molar-refractivity contribution in [2.24, 2.45) is 0 Å². The Kier molecular flexibility index (Phi) is 4.78. The molecule has 126 valence electrons. The van der Waals surface area contributed by atoms with Crippen LogP contribution in [-0.2, 0) is 6.54 Å². The number of aliphatic hydroxyl groups is 1. The molecule has 2 heterocycles. The SMILES string of the molecule is COc1cccc(C(O)CNCc2cnc3nc(C)cc(C)n23)c1. The number of aromatic nitrogens is 3. The van der Waals surface area contributed by atoms with Gasteiger partial charge in [-0.2, -0.15) is 0 Å². The Morgan fingerprint density at radius 2 is 2.12 bits per heavy atom. The molecule has 1 aromatic carbocycles. The number of rotatable bonds is 6. The van der Waals surface area contributed by atoms with Crippen LogP contribution in [0.15, 0.2) is 36.5 Å². The van der Waals surface area contributed by atoms with Crippen LogP contribution in [0, 0.1) is 13.8 Å². The van der Waals surface area contributed by atoms with E-state index < -0.39 is 6.10 Å². The molecule has 0 aliphatic heterocycles. The fourth-order valence-corrected chi connectivity index (χ4v) is 2.82. The highest BCUT2D eigenvalue weighted by Gasteiger charge is 2.10. The Labute approximate surface area is 141 Å². The highest BCUT2D eigenvalue weighted by molar-refractivity contribution is 5.35. The molecule has 0 bridgehead atoms. The molecule has 0 saturated heterocycles. The lowest BCUT2D eigenvalue weighted by Gasteiger charge is -2.13. The van der Waals surface area contributed by atoms with E-state index in [2.05, 4.69) is 15.3 Å². The van der Waals surface area contributed by atoms with Gasteiger partial charge < -0.3 is 15.2 Å². The van der Waals surface area contributed by atoms with Gasteiger partial charge in [0.1, 0.15) is 5.75 Å². The molecule has 24 heavy (non-hydrogen) atoms. The van der Waals surface area contributed by atoms with Crippen molar-refractivity contribution in [1.82, 2.24) is 19.7 Å². The number of nitrogens with one attached hydrogen (secondary N) is 1. The molecule has 0 radical (unpaired) electrons. The lowest BCUT2D eigenvalue weighted by molar-refractivity contribution is 0.174. The van der Waals surface area contributed by atoms with Crippen molar-refractivity contribution in [2.45, 2.75) is 26.5 Å². The van der Waals surface area contributed by atoms with Crippen molar-refractivity contribution in [1.29, 1.82) is 0 Å². The van der Waals surface area contributed by atoms with Crippen LogP contribution >= 0.6 is 0 Å². The van der Waals surface area contributed by atoms with Crippen molar-refractivity contribution in [3.63, 3.8) is 0 Å². The fourth-order valence-electron chi connectivity index (χ4n) is 2.82. The van der Waals surface area contributed by atoms with E-state index >= 15 is 0 Å². The summed E-state index contributed by atoms with van der Waals surface area (Å²) < 4.78 is 7.22. The number of aliphatic hydroxyl groups excluding tert-OH is 1. The maximum Gasteiger partial charge on any atom is 0.234 e. The van der Waals surface area contributed by atoms with E-state index in [9.17, 15) is 5.11 Å². The Morgan fingerprint density at radius 3 is 2.92 bits per heavy atom. The number of ether oxygens (including phenoxy) is 1. The normalized spacial score (nSPS) is 12.5. The summed E-state index contributed by atoms with van der Waals surface area (Å²) in [5.41, 5.74) is 3.90. The van der Waals surface area contributed by atoms with Crippen LogP contribution in [0.3, 0.4) is 0 Å². The van der Waals surface area contributed by atoms with Gasteiger partial charge in [-0.3, -0.25) is 4.40 Å². The summed E-state index contributed by atoms with van der Waals surface area (Å²) >= 11 is 0. The van der Waals surface area contributed by atoms with E-state index in [1.165, 1.54) is 0 Å². The van der Waals surface area contributed by atoms with Crippen molar-refractivity contribution in [3.05, 3.63) is 59.2 Å². The van der Waals surface area contributed by atoms with Crippen molar-refractivity contribution in [3.8, 4) is 5.75 Å². The second-order valence-electron chi connectivity index (χ2n) is 5.85. The number of hydrogen-bond donors (Lipinski definition) is 2. The average molecular weight is 326 g/mol. The lowest BCUT2D eigenvalue weighted by atomic mass is 10.1. The van der Waals surface area contributed by atoms with Crippen molar-refractivity contribution < 1.29 is 9.84 Å². The predicted molar refractivity (Wildman–Crippen MR) is 92.1 cm³/mol. The quantitative estimate of drug-likeness (QED) is 0.726. The number of imidazole rings is 1. The van der Waals surface area contributed by atoms with Gasteiger partial charge in [-0.15, -0.1) is 0 Å². The van der Waals surface area contributed by atoms with E-state index in [0.29, 0.717) is 18.9 Å². The second kappa shape index (κ2) is 6.98. The third-order valence-corrected chi connectivity index (χ3v) is 3.99. The number of aryl methyl sites for hydroxylation is 2. The summed E-state index contributed by atoms with van der Waals surface area (Å²) in [6, 6.07) is 9.50. The molecule has 1 unspecified atom stereocenters. The van der Waals surface area contributed by atoms with Gasteiger partial charge in [-0.25, -0.2) is 9.97 Å². The van der Waals surface area contributed by atoms with Crippen molar-refractivity contribution >= 4 is 5.78 Å². The van der Waals surface area contributed by atoms with Gasteiger partial charge in [0.25, 0.3) is 0 Å². The predicted octanol–water partition coefficient (Wildman–Crippen LogP) is 2.18. The Bertz CT molecular complexity index is 844. The number of hydrogen-bond acceptors (Lipinski definition) is 5. The molecule has 0 aliphatic carbocycles. The van der Waals surface area contributed by atoms with Crippen LogP contribution in [0.5, 0.6) is 5.75 Å². The molecule has 6 heteroatoms. The van der Waals surface area contributed by atoms with E-state index in [1.54, 1.807) is 7.11 Å². The van der Waals surface area contributed by atoms with Crippen molar-refractivity contribution in [2.75, 3.05) is 13.7 Å². The first kappa shape index (κ1) is 16.4. The van der Waals surface area contributed by atoms with Crippen LogP contribution in [0.25, 0.3) is 5.78 Å². The monoisotopic (exact) mass is 326 g/mol. The lowest BCUT2D eigenvalue weighted by Crippen LogP contribution is -2.22. The van der Waals surface area contributed by atoms with Gasteiger partial charge in [0.15, 0.2) is 0 Å². The number of methoxy groups -OCH3 is 1. The van der Waals surface area contributed by atoms with Gasteiger partial charge in [0, 0.05) is 24.5 Å². The largest absolute Gasteiger partial charge is 0.497 e. The Morgan fingerprint density at radius 1 is 1.29 bits per heavy atom. The molecule has 0 amide bonds. The first-order valence-electron chi connectivity index (χ1n) is 7.92. The Balaban J connectivity index is 1.66. The van der Waals surface area contributed by atoms with Gasteiger partial charge in [0.2, 0.25) is 5.78 Å². The zero-order valence-corrected chi connectivity index (χ0v) is 14.2. The summed E-state index contributed by atoms with van der Waals surface area (Å²) in [6.45, 7) is 5.05. The highest BCUT2D eigenvalue weighted by Crippen LogP contribution is 2.18. The molecule has 0 spiro atoms. The van der Waals surface area contributed by atoms with E-state index in [-0.39, 0.29) is 0 Å². The van der Waals surface area contributed by atoms with Crippen LogP contribution in [0.4, 0.5) is 0 Å². The maximum absolute atomic E-state index is 10.3. The minimum absolute atomic E-state index is 0.443. The number of fused-ring (bicyclic) bond motifs is 1. The van der Waals surface area contributed by atoms with Crippen LogP contribution in [0.1, 0.15) is 28.7 Å². The molecule has 6 nitrogen and oxygen atoms in total. The van der Waals surface area contributed by atoms with Gasteiger partial charge in [-0.05, 0) is 37.6 Å². The second-order valence-corrected chi connectivity index (χ2v) is 5.85. The number of benzene rings is 1. The maximum atomic E-state index is 10.3. The minimum Gasteiger partial charge on any atom is -0.497 e. The van der Waals surface area contributed by atoms with Crippen LogP contribution in [-0.4, -0.2) is 33.1 Å². The summed E-state index contributed by atoms with van der Waals surface area (Å²) in [7, 11) is 1.62. The van der Waals surface area contributed by atoms with Crippen LogP contribution < -0.4 is 10.1 Å². The molecule has 0 saturated carbocycles. The zero-order valence-electron chi connectivity index (χ0n) is 14.2. The summed E-state index contributed by atoms with van der Waals surface area (Å²) in [6.07, 6.45) is 1.22. The average Bonchev–Trinajstić information content (AvgIpc) is 2.98. The minimum atomic E-state index is -0.597. The standard InChI is InChI=1S/C18H22N4O2/c1-12-7-13(2)22-15(10-20-18(22)21-12)9-19-11-17(23)14-5-4-6-16(8-14)24-3/h4-8,10,17,19,23H,9,11H2,1-3H3. The fraction of sp³-hybridized carbons (Fsp3) is 0.333. The smallest absolute Gasteiger partial charge is 0.234 e. The Hall–Kier alpha value is -2.44. The van der Waals surface area contributed by atoms with Gasteiger partial charge in [0.05, 0.1) is 25.1 Å². The molecule has 1 atom stereocenters. The first-order valence-corrected chi connectivity index (χ1v) is 7.92. The number of nitrogens with zero attached hydrogens (tertiary/aromatic N) is 3. The van der Waals surface area contributed by atoms with E-state index in [1.807, 2.05) is 54.8 Å². The summed E-state index contributed by atoms with van der Waals surface area (Å²) in [4.78, 5) is 8.78. The molecular weight excluding hydrogens is 304 g/mol. The van der Waals surface area contributed by atoms with E-state index in [4.69, 9.17) is 4.74 Å². The van der Waals surface area contributed by atoms with E-state index in [0.717, 1.165) is 28.4 Å². The molecule has 2 N–H and O–H groups in total. The van der Waals surface area contributed by atoms with Gasteiger partial charge in [-0.1, -0.05) is 12.1 Å². The topological polar surface area (TPSA) is 71.7 Å². The molecule has 2 aromatic heterocycles. The summed E-state index contributed by atoms with van der Waals surface area (Å²) in [5, 5.41) is 13.6. The molecule has 0 fully saturated rings. The third kappa shape index (κ3) is 3.39.